The molecule has 1 aromatic rings. The molecule has 0 radical (unpaired) electrons. The predicted molar refractivity (Wildman–Crippen MR) is 70.2 cm³/mol. The van der Waals surface area contributed by atoms with Gasteiger partial charge in [0.05, 0.1) is 0 Å². The van der Waals surface area contributed by atoms with Crippen molar-refractivity contribution in [2.75, 3.05) is 0 Å². The van der Waals surface area contributed by atoms with E-state index in [0.717, 1.165) is 0 Å². The standard InChI is InChI=1S/C10H13Br.C3H7N/c1-8(2)10(11)9-6-4-3-5-7-9;4-3-1-2-3/h3-8,10H,1-2H3;3H,1-2,4H2. The first-order valence-corrected chi connectivity index (χ1v) is 6.47. The monoisotopic (exact) mass is 269 g/mol. The van der Waals surface area contributed by atoms with E-state index in [4.69, 9.17) is 5.73 Å². The van der Waals surface area contributed by atoms with Gasteiger partial charge in [0, 0.05) is 10.9 Å². The zero-order valence-corrected chi connectivity index (χ0v) is 11.1. The topological polar surface area (TPSA) is 26.0 Å². The fourth-order valence-electron chi connectivity index (χ4n) is 1.12. The third-order valence-corrected chi connectivity index (χ3v) is 3.91. The van der Waals surface area contributed by atoms with Gasteiger partial charge < -0.3 is 5.73 Å². The molecule has 15 heavy (non-hydrogen) atoms. The second-order valence-electron chi connectivity index (χ2n) is 4.39. The molecule has 0 aliphatic heterocycles. The predicted octanol–water partition coefficient (Wildman–Crippen LogP) is 3.89. The van der Waals surface area contributed by atoms with Crippen molar-refractivity contribution in [3.63, 3.8) is 0 Å². The number of alkyl halides is 1. The van der Waals surface area contributed by atoms with Gasteiger partial charge in [0.25, 0.3) is 0 Å². The summed E-state index contributed by atoms with van der Waals surface area (Å²) >= 11 is 3.65. The Morgan fingerprint density at radius 1 is 1.20 bits per heavy atom. The number of nitrogens with two attached hydrogens (primary N) is 1. The van der Waals surface area contributed by atoms with Crippen LogP contribution in [-0.2, 0) is 0 Å². The molecule has 1 nitrogen and oxygen atoms in total. The van der Waals surface area contributed by atoms with Gasteiger partial charge in [0.15, 0.2) is 0 Å². The molecule has 1 saturated carbocycles. The average molecular weight is 270 g/mol. The van der Waals surface area contributed by atoms with Crippen LogP contribution in [0.15, 0.2) is 30.3 Å². The Kier molecular flexibility index (Phi) is 5.34. The maximum atomic E-state index is 5.22. The Labute approximate surface area is 101 Å². The maximum Gasteiger partial charge on any atom is 0.0418 e. The molecule has 0 spiro atoms. The second-order valence-corrected chi connectivity index (χ2v) is 5.38. The van der Waals surface area contributed by atoms with Crippen LogP contribution >= 0.6 is 15.9 Å². The summed E-state index contributed by atoms with van der Waals surface area (Å²) in [4.78, 5) is 0.490. The Morgan fingerprint density at radius 2 is 1.67 bits per heavy atom. The number of hydrogen-bond donors (Lipinski definition) is 1. The SMILES string of the molecule is CC(C)C(Br)c1ccccc1.NC1CC1. The van der Waals surface area contributed by atoms with Crippen molar-refractivity contribution in [1.29, 1.82) is 0 Å². The van der Waals surface area contributed by atoms with Gasteiger partial charge in [-0.2, -0.15) is 0 Å². The third-order valence-electron chi connectivity index (χ3n) is 2.33. The molecule has 1 fully saturated rings. The normalized spacial score (nSPS) is 16.9. The maximum absolute atomic E-state index is 5.22. The molecule has 2 heteroatoms. The van der Waals surface area contributed by atoms with Crippen LogP contribution in [0.2, 0.25) is 0 Å². The summed E-state index contributed by atoms with van der Waals surface area (Å²) in [7, 11) is 0. The van der Waals surface area contributed by atoms with Crippen LogP contribution in [0, 0.1) is 5.92 Å². The van der Waals surface area contributed by atoms with E-state index in [2.05, 4.69) is 54.0 Å². The van der Waals surface area contributed by atoms with Crippen LogP contribution in [0.5, 0.6) is 0 Å². The van der Waals surface area contributed by atoms with E-state index in [1.165, 1.54) is 18.4 Å². The second kappa shape index (κ2) is 6.29. The first kappa shape index (κ1) is 12.7. The largest absolute Gasteiger partial charge is 0.328 e. The van der Waals surface area contributed by atoms with Crippen LogP contribution < -0.4 is 5.73 Å². The zero-order valence-electron chi connectivity index (χ0n) is 9.49. The Bertz CT molecular complexity index is 267. The van der Waals surface area contributed by atoms with Gasteiger partial charge in [-0.05, 0) is 24.3 Å². The number of halogens is 1. The average Bonchev–Trinajstić information content (AvgIpc) is 3.02. The summed E-state index contributed by atoms with van der Waals surface area (Å²) in [5.41, 5.74) is 6.59. The minimum Gasteiger partial charge on any atom is -0.328 e. The van der Waals surface area contributed by atoms with Crippen molar-refractivity contribution in [2.45, 2.75) is 37.6 Å². The summed E-state index contributed by atoms with van der Waals surface area (Å²) in [6.07, 6.45) is 2.53. The lowest BCUT2D eigenvalue weighted by molar-refractivity contribution is 0.641. The molecule has 1 aliphatic carbocycles. The number of benzene rings is 1. The molecule has 0 heterocycles. The smallest absolute Gasteiger partial charge is 0.0418 e. The lowest BCUT2D eigenvalue weighted by Gasteiger charge is -2.13. The van der Waals surface area contributed by atoms with E-state index in [9.17, 15) is 0 Å². The molecule has 1 aromatic carbocycles. The van der Waals surface area contributed by atoms with Gasteiger partial charge in [0.2, 0.25) is 0 Å². The first-order valence-electron chi connectivity index (χ1n) is 5.56. The van der Waals surface area contributed by atoms with Crippen molar-refractivity contribution >= 4 is 15.9 Å². The van der Waals surface area contributed by atoms with Crippen LogP contribution in [0.3, 0.4) is 0 Å². The molecular weight excluding hydrogens is 250 g/mol. The van der Waals surface area contributed by atoms with Gasteiger partial charge in [0.1, 0.15) is 0 Å². The Morgan fingerprint density at radius 3 is 2.00 bits per heavy atom. The summed E-state index contributed by atoms with van der Waals surface area (Å²) in [6.45, 7) is 4.43. The van der Waals surface area contributed by atoms with Gasteiger partial charge >= 0.3 is 0 Å². The highest BCUT2D eigenvalue weighted by atomic mass is 79.9. The van der Waals surface area contributed by atoms with Crippen molar-refractivity contribution in [3.8, 4) is 0 Å². The molecular formula is C13H20BrN. The van der Waals surface area contributed by atoms with E-state index >= 15 is 0 Å². The highest BCUT2D eigenvalue weighted by Crippen LogP contribution is 2.29. The minimum atomic E-state index is 0.490. The van der Waals surface area contributed by atoms with Crippen LogP contribution in [0.4, 0.5) is 0 Å². The van der Waals surface area contributed by atoms with Crippen molar-refractivity contribution in [2.24, 2.45) is 11.7 Å². The fourth-order valence-corrected chi connectivity index (χ4v) is 1.42. The quantitative estimate of drug-likeness (QED) is 0.811. The molecule has 0 amide bonds. The lowest BCUT2D eigenvalue weighted by Crippen LogP contribution is -1.97. The molecule has 0 saturated heterocycles. The molecule has 0 bridgehead atoms. The van der Waals surface area contributed by atoms with Crippen molar-refractivity contribution in [3.05, 3.63) is 35.9 Å². The van der Waals surface area contributed by atoms with E-state index in [-0.39, 0.29) is 0 Å². The Hall–Kier alpha value is -0.340. The Balaban J connectivity index is 0.000000234. The molecule has 84 valence electrons. The third kappa shape index (κ3) is 5.33. The van der Waals surface area contributed by atoms with Crippen LogP contribution in [-0.4, -0.2) is 6.04 Å². The van der Waals surface area contributed by atoms with E-state index in [0.29, 0.717) is 16.8 Å². The van der Waals surface area contributed by atoms with Gasteiger partial charge in [-0.15, -0.1) is 0 Å². The number of rotatable bonds is 2. The first-order chi connectivity index (χ1) is 7.11. The fraction of sp³-hybridized carbons (Fsp3) is 0.538. The summed E-state index contributed by atoms with van der Waals surface area (Å²) in [5.74, 6) is 0.650. The van der Waals surface area contributed by atoms with Crippen molar-refractivity contribution in [1.82, 2.24) is 0 Å². The van der Waals surface area contributed by atoms with E-state index in [1.54, 1.807) is 0 Å². The molecule has 1 aliphatic rings. The van der Waals surface area contributed by atoms with Crippen molar-refractivity contribution < 1.29 is 0 Å². The van der Waals surface area contributed by atoms with Gasteiger partial charge in [-0.3, -0.25) is 0 Å². The van der Waals surface area contributed by atoms with Crippen LogP contribution in [0.25, 0.3) is 0 Å². The summed E-state index contributed by atoms with van der Waals surface area (Å²) < 4.78 is 0. The lowest BCUT2D eigenvalue weighted by atomic mass is 10.0. The van der Waals surface area contributed by atoms with Crippen LogP contribution in [0.1, 0.15) is 37.1 Å². The van der Waals surface area contributed by atoms with E-state index < -0.39 is 0 Å². The molecule has 0 aromatic heterocycles. The van der Waals surface area contributed by atoms with E-state index in [1.807, 2.05) is 6.07 Å². The molecule has 2 rings (SSSR count). The zero-order chi connectivity index (χ0) is 11.3. The molecule has 1 atom stereocenters. The van der Waals surface area contributed by atoms with Gasteiger partial charge in [-0.1, -0.05) is 60.1 Å². The number of hydrogen-bond acceptors (Lipinski definition) is 1. The molecule has 2 N–H and O–H groups in total. The highest BCUT2D eigenvalue weighted by molar-refractivity contribution is 9.09. The minimum absolute atomic E-state index is 0.490. The molecule has 1 unspecified atom stereocenters. The summed E-state index contributed by atoms with van der Waals surface area (Å²) in [5, 5.41) is 0. The summed E-state index contributed by atoms with van der Waals surface area (Å²) in [6, 6.07) is 11.1. The highest BCUT2D eigenvalue weighted by Gasteiger charge is 2.13. The van der Waals surface area contributed by atoms with Gasteiger partial charge in [-0.25, -0.2) is 0 Å².